The lowest BCUT2D eigenvalue weighted by molar-refractivity contribution is 0.522. The van der Waals surface area contributed by atoms with Gasteiger partial charge in [0.1, 0.15) is 5.25 Å². The molecule has 0 saturated heterocycles. The second-order valence-corrected chi connectivity index (χ2v) is 5.39. The maximum absolute atomic E-state index is 13.1. The van der Waals surface area contributed by atoms with Gasteiger partial charge >= 0.3 is 10.2 Å². The Morgan fingerprint density at radius 1 is 1.19 bits per heavy atom. The van der Waals surface area contributed by atoms with Crippen LogP contribution in [0.3, 0.4) is 0 Å². The van der Waals surface area contributed by atoms with E-state index in [0.717, 1.165) is 19.3 Å². The number of hydrogen-bond donors (Lipinski definition) is 0. The van der Waals surface area contributed by atoms with E-state index in [2.05, 4.69) is 0 Å². The third-order valence-corrected chi connectivity index (χ3v) is 3.77. The van der Waals surface area contributed by atoms with Gasteiger partial charge in [-0.25, -0.2) is 0 Å². The van der Waals surface area contributed by atoms with Crippen molar-refractivity contribution in [2.75, 3.05) is 0 Å². The highest BCUT2D eigenvalue weighted by Crippen LogP contribution is 2.29. The maximum atomic E-state index is 13.1. The van der Waals surface area contributed by atoms with Crippen molar-refractivity contribution in [3.05, 3.63) is 35.9 Å². The van der Waals surface area contributed by atoms with Crippen molar-refractivity contribution in [1.29, 1.82) is 0 Å². The van der Waals surface area contributed by atoms with Crippen LogP contribution in [0, 0.1) is 0 Å². The van der Waals surface area contributed by atoms with Gasteiger partial charge in [0.05, 0.1) is 0 Å². The van der Waals surface area contributed by atoms with Crippen molar-refractivity contribution in [2.24, 2.45) is 0 Å². The van der Waals surface area contributed by atoms with E-state index >= 15 is 0 Å². The fraction of sp³-hybridized carbons (Fsp3) is 0.500. The highest BCUT2D eigenvalue weighted by Gasteiger charge is 2.25. The van der Waals surface area contributed by atoms with Crippen molar-refractivity contribution in [2.45, 2.75) is 37.9 Å². The maximum Gasteiger partial charge on any atom is 0.309 e. The summed E-state index contributed by atoms with van der Waals surface area (Å²) in [4.78, 5) is 0. The summed E-state index contributed by atoms with van der Waals surface area (Å²) in [5.74, 6) is 0. The molecule has 4 heteroatoms. The Morgan fingerprint density at radius 2 is 1.81 bits per heavy atom. The summed E-state index contributed by atoms with van der Waals surface area (Å²) in [6.45, 7) is 2.03. The van der Waals surface area contributed by atoms with Gasteiger partial charge in [0.25, 0.3) is 0 Å². The molecule has 0 bridgehead atoms. The lowest BCUT2D eigenvalue weighted by Gasteiger charge is -2.12. The summed E-state index contributed by atoms with van der Waals surface area (Å²) in [6.07, 6.45) is 3.02. The third kappa shape index (κ3) is 3.93. The quantitative estimate of drug-likeness (QED) is 0.566. The molecule has 1 unspecified atom stereocenters. The molecule has 0 aliphatic heterocycles. The van der Waals surface area contributed by atoms with E-state index in [4.69, 9.17) is 0 Å². The van der Waals surface area contributed by atoms with Crippen LogP contribution in [0.25, 0.3) is 0 Å². The Balaban J connectivity index is 2.81. The van der Waals surface area contributed by atoms with E-state index < -0.39 is 15.5 Å². The molecule has 1 aromatic carbocycles. The number of hydrogen-bond acceptors (Lipinski definition) is 2. The minimum Gasteiger partial charge on any atom is -0.194 e. The van der Waals surface area contributed by atoms with E-state index in [1.807, 2.05) is 6.92 Å². The molecule has 0 aromatic heterocycles. The summed E-state index contributed by atoms with van der Waals surface area (Å²) < 4.78 is 35.3. The lowest BCUT2D eigenvalue weighted by atomic mass is 10.1. The van der Waals surface area contributed by atoms with Crippen LogP contribution in [-0.4, -0.2) is 8.42 Å². The molecule has 0 saturated carbocycles. The summed E-state index contributed by atoms with van der Waals surface area (Å²) >= 11 is 0. The van der Waals surface area contributed by atoms with Crippen LogP contribution in [0.1, 0.15) is 43.4 Å². The van der Waals surface area contributed by atoms with Gasteiger partial charge < -0.3 is 0 Å². The van der Waals surface area contributed by atoms with E-state index in [1.54, 1.807) is 30.3 Å². The van der Waals surface area contributed by atoms with Crippen LogP contribution in [0.2, 0.25) is 0 Å². The standard InChI is InChI=1S/C12H17FO2S/c1-2-3-5-10-12(16(13,14)15)11-8-6-4-7-9-11/h4,6-9,12H,2-3,5,10H2,1H3. The Labute approximate surface area is 96.7 Å². The first-order valence-corrected chi connectivity index (χ1v) is 6.98. The zero-order chi connectivity index (χ0) is 12.0. The average molecular weight is 244 g/mol. The highest BCUT2D eigenvalue weighted by atomic mass is 32.3. The third-order valence-electron chi connectivity index (χ3n) is 2.58. The molecule has 16 heavy (non-hydrogen) atoms. The molecular formula is C12H17FO2S. The second-order valence-electron chi connectivity index (χ2n) is 3.87. The first kappa shape index (κ1) is 13.2. The van der Waals surface area contributed by atoms with Gasteiger partial charge in [-0.1, -0.05) is 56.5 Å². The normalized spacial score (nSPS) is 13.6. The first-order valence-electron chi connectivity index (χ1n) is 5.54. The molecule has 0 amide bonds. The molecule has 0 aliphatic carbocycles. The predicted octanol–water partition coefficient (Wildman–Crippen LogP) is 3.61. The SMILES string of the molecule is CCCCCC(c1ccccc1)S(=O)(=O)F. The van der Waals surface area contributed by atoms with Crippen LogP contribution in [0.5, 0.6) is 0 Å². The molecule has 0 heterocycles. The van der Waals surface area contributed by atoms with Crippen molar-refractivity contribution in [3.63, 3.8) is 0 Å². The van der Waals surface area contributed by atoms with Gasteiger partial charge in [0, 0.05) is 0 Å². The van der Waals surface area contributed by atoms with Crippen molar-refractivity contribution >= 4 is 10.2 Å². The van der Waals surface area contributed by atoms with Gasteiger partial charge in [-0.05, 0) is 12.0 Å². The monoisotopic (exact) mass is 244 g/mol. The Bertz CT molecular complexity index is 400. The fourth-order valence-corrected chi connectivity index (χ4v) is 2.65. The molecule has 2 nitrogen and oxygen atoms in total. The first-order chi connectivity index (χ1) is 7.55. The van der Waals surface area contributed by atoms with Crippen LogP contribution in [-0.2, 0) is 10.2 Å². The van der Waals surface area contributed by atoms with Gasteiger partial charge in [0.2, 0.25) is 0 Å². The molecule has 0 N–H and O–H groups in total. The van der Waals surface area contributed by atoms with Crippen LogP contribution in [0.4, 0.5) is 3.89 Å². The molecule has 0 aliphatic rings. The zero-order valence-electron chi connectivity index (χ0n) is 9.40. The number of unbranched alkanes of at least 4 members (excludes halogenated alkanes) is 2. The molecule has 0 radical (unpaired) electrons. The van der Waals surface area contributed by atoms with E-state index in [-0.39, 0.29) is 0 Å². The van der Waals surface area contributed by atoms with E-state index in [0.29, 0.717) is 12.0 Å². The lowest BCUT2D eigenvalue weighted by Crippen LogP contribution is -2.08. The number of benzene rings is 1. The summed E-state index contributed by atoms with van der Waals surface area (Å²) in [5, 5.41) is -1.000. The molecule has 1 rings (SSSR count). The van der Waals surface area contributed by atoms with E-state index in [1.165, 1.54) is 0 Å². The van der Waals surface area contributed by atoms with Crippen molar-refractivity contribution < 1.29 is 12.3 Å². The molecule has 1 aromatic rings. The largest absolute Gasteiger partial charge is 0.309 e. The van der Waals surface area contributed by atoms with Gasteiger partial charge in [0.15, 0.2) is 0 Å². The topological polar surface area (TPSA) is 34.1 Å². The van der Waals surface area contributed by atoms with Crippen LogP contribution in [0.15, 0.2) is 30.3 Å². The molecule has 90 valence electrons. The Hall–Kier alpha value is -0.900. The smallest absolute Gasteiger partial charge is 0.194 e. The van der Waals surface area contributed by atoms with Crippen LogP contribution >= 0.6 is 0 Å². The van der Waals surface area contributed by atoms with Crippen molar-refractivity contribution in [1.82, 2.24) is 0 Å². The Morgan fingerprint density at radius 3 is 2.31 bits per heavy atom. The predicted molar refractivity (Wildman–Crippen MR) is 63.4 cm³/mol. The molecule has 0 fully saturated rings. The number of rotatable bonds is 6. The van der Waals surface area contributed by atoms with Crippen molar-refractivity contribution in [3.8, 4) is 0 Å². The molecular weight excluding hydrogens is 227 g/mol. The van der Waals surface area contributed by atoms with Gasteiger partial charge in [-0.15, -0.1) is 3.89 Å². The molecule has 0 spiro atoms. The van der Waals surface area contributed by atoms with E-state index in [9.17, 15) is 12.3 Å². The minimum atomic E-state index is -4.50. The van der Waals surface area contributed by atoms with Crippen LogP contribution < -0.4 is 0 Å². The summed E-state index contributed by atoms with van der Waals surface area (Å²) in [6, 6.07) is 8.57. The zero-order valence-corrected chi connectivity index (χ0v) is 10.2. The summed E-state index contributed by atoms with van der Waals surface area (Å²) in [5.41, 5.74) is 0.543. The molecule has 1 atom stereocenters. The second kappa shape index (κ2) is 5.99. The summed E-state index contributed by atoms with van der Waals surface area (Å²) in [7, 11) is -4.50. The van der Waals surface area contributed by atoms with Gasteiger partial charge in [-0.2, -0.15) is 8.42 Å². The Kier molecular flexibility index (Phi) is 4.93. The van der Waals surface area contributed by atoms with Gasteiger partial charge in [-0.3, -0.25) is 0 Å². The average Bonchev–Trinajstić information content (AvgIpc) is 2.24. The number of halogens is 1. The fourth-order valence-electron chi connectivity index (χ4n) is 1.72. The highest BCUT2D eigenvalue weighted by molar-refractivity contribution is 7.86. The minimum absolute atomic E-state index is 0.358.